The molecule has 1 aliphatic carbocycles. The van der Waals surface area contributed by atoms with Gasteiger partial charge < -0.3 is 14.4 Å². The van der Waals surface area contributed by atoms with Crippen LogP contribution in [-0.4, -0.2) is 43.0 Å². The van der Waals surface area contributed by atoms with Gasteiger partial charge in [-0.2, -0.15) is 0 Å². The number of aromatic nitrogens is 1. The molecular formula is C20H33N3O2. The van der Waals surface area contributed by atoms with E-state index in [4.69, 9.17) is 9.47 Å². The van der Waals surface area contributed by atoms with Crippen LogP contribution in [0, 0.1) is 18.8 Å². The predicted molar refractivity (Wildman–Crippen MR) is 103 cm³/mol. The molecule has 0 spiro atoms. The summed E-state index contributed by atoms with van der Waals surface area (Å²) in [6, 6.07) is 1.91. The Labute approximate surface area is 152 Å². The maximum atomic E-state index is 6.19. The Balaban J connectivity index is 2.08. The Morgan fingerprint density at radius 3 is 2.56 bits per heavy atom. The van der Waals surface area contributed by atoms with E-state index >= 15 is 0 Å². The van der Waals surface area contributed by atoms with Crippen molar-refractivity contribution in [3.8, 4) is 11.6 Å². The highest BCUT2D eigenvalue weighted by Gasteiger charge is 2.25. The van der Waals surface area contributed by atoms with Gasteiger partial charge in [0.2, 0.25) is 0 Å². The fourth-order valence-corrected chi connectivity index (χ4v) is 3.19. The molecule has 5 nitrogen and oxygen atoms in total. The summed E-state index contributed by atoms with van der Waals surface area (Å²) in [6.45, 7) is 9.58. The summed E-state index contributed by atoms with van der Waals surface area (Å²) < 4.78 is 11.7. The third-order valence-electron chi connectivity index (χ3n) is 5.17. The zero-order valence-corrected chi connectivity index (χ0v) is 16.6. The average molecular weight is 348 g/mol. The molecule has 0 radical (unpaired) electrons. The SMILES string of the molecule is CCN(C)C=Nc1cc(OC)c(OC2CCC(C(C)C)CC2)nc1C. The van der Waals surface area contributed by atoms with E-state index in [0.717, 1.165) is 42.6 Å². The van der Waals surface area contributed by atoms with Crippen molar-refractivity contribution in [2.45, 2.75) is 59.5 Å². The van der Waals surface area contributed by atoms with Gasteiger partial charge in [0.25, 0.3) is 5.88 Å². The second-order valence-corrected chi connectivity index (χ2v) is 7.32. The zero-order valence-electron chi connectivity index (χ0n) is 16.6. The lowest BCUT2D eigenvalue weighted by molar-refractivity contribution is 0.108. The van der Waals surface area contributed by atoms with Crippen molar-refractivity contribution in [3.05, 3.63) is 11.8 Å². The molecule has 5 heteroatoms. The van der Waals surface area contributed by atoms with Crippen LogP contribution in [0.5, 0.6) is 11.6 Å². The molecule has 0 bridgehead atoms. The van der Waals surface area contributed by atoms with Crippen LogP contribution in [0.25, 0.3) is 0 Å². The molecule has 1 aromatic heterocycles. The first-order valence-corrected chi connectivity index (χ1v) is 9.41. The van der Waals surface area contributed by atoms with Gasteiger partial charge in [0.1, 0.15) is 6.10 Å². The van der Waals surface area contributed by atoms with Crippen LogP contribution in [0.3, 0.4) is 0 Å². The van der Waals surface area contributed by atoms with Crippen LogP contribution in [0.1, 0.15) is 52.1 Å². The van der Waals surface area contributed by atoms with Gasteiger partial charge in [-0.25, -0.2) is 9.98 Å². The predicted octanol–water partition coefficient (Wildman–Crippen LogP) is 4.60. The molecule has 0 aromatic carbocycles. The van der Waals surface area contributed by atoms with Crippen molar-refractivity contribution in [2.75, 3.05) is 20.7 Å². The standard InChI is InChI=1S/C20H33N3O2/c1-7-23(5)13-21-18-12-19(24-6)20(22-15(18)4)25-17-10-8-16(9-11-17)14(2)3/h12-14,16-17H,7-11H2,1-6H3. The van der Waals surface area contributed by atoms with Crippen molar-refractivity contribution >= 4 is 12.0 Å². The van der Waals surface area contributed by atoms with Gasteiger partial charge >= 0.3 is 0 Å². The lowest BCUT2D eigenvalue weighted by atomic mass is 9.80. The van der Waals surface area contributed by atoms with Gasteiger partial charge in [-0.1, -0.05) is 13.8 Å². The molecular weight excluding hydrogens is 314 g/mol. The molecule has 0 aliphatic heterocycles. The van der Waals surface area contributed by atoms with E-state index in [1.165, 1.54) is 12.8 Å². The lowest BCUT2D eigenvalue weighted by Gasteiger charge is -2.31. The topological polar surface area (TPSA) is 47.0 Å². The largest absolute Gasteiger partial charge is 0.491 e. The molecule has 0 amide bonds. The van der Waals surface area contributed by atoms with Crippen LogP contribution in [0.4, 0.5) is 5.69 Å². The number of aryl methyl sites for hydroxylation is 1. The van der Waals surface area contributed by atoms with Crippen LogP contribution >= 0.6 is 0 Å². The van der Waals surface area contributed by atoms with Gasteiger partial charge in [-0.15, -0.1) is 0 Å². The Morgan fingerprint density at radius 2 is 2.00 bits per heavy atom. The molecule has 1 saturated carbocycles. The van der Waals surface area contributed by atoms with Crippen LogP contribution in [-0.2, 0) is 0 Å². The zero-order chi connectivity index (χ0) is 18.4. The molecule has 0 saturated heterocycles. The first-order chi connectivity index (χ1) is 11.9. The average Bonchev–Trinajstić information content (AvgIpc) is 2.61. The molecule has 0 unspecified atom stereocenters. The second-order valence-electron chi connectivity index (χ2n) is 7.32. The van der Waals surface area contributed by atoms with Crippen LogP contribution in [0.2, 0.25) is 0 Å². The lowest BCUT2D eigenvalue weighted by Crippen LogP contribution is -2.26. The number of pyridine rings is 1. The number of aliphatic imine (C=N–C) groups is 1. The quantitative estimate of drug-likeness (QED) is 0.534. The molecule has 25 heavy (non-hydrogen) atoms. The summed E-state index contributed by atoms with van der Waals surface area (Å²) in [7, 11) is 3.65. The number of hydrogen-bond donors (Lipinski definition) is 0. The molecule has 0 atom stereocenters. The van der Waals surface area contributed by atoms with Gasteiger partial charge in [-0.05, 0) is 51.4 Å². The van der Waals surface area contributed by atoms with Crippen molar-refractivity contribution in [3.63, 3.8) is 0 Å². The summed E-state index contributed by atoms with van der Waals surface area (Å²) in [5.41, 5.74) is 1.67. The van der Waals surface area contributed by atoms with Crippen molar-refractivity contribution in [1.82, 2.24) is 9.88 Å². The maximum absolute atomic E-state index is 6.19. The van der Waals surface area contributed by atoms with E-state index in [1.807, 2.05) is 31.3 Å². The van der Waals surface area contributed by atoms with Crippen molar-refractivity contribution in [1.29, 1.82) is 0 Å². The Kier molecular flexibility index (Phi) is 7.09. The molecule has 1 aliphatic rings. The van der Waals surface area contributed by atoms with Crippen LogP contribution < -0.4 is 9.47 Å². The maximum Gasteiger partial charge on any atom is 0.257 e. The van der Waals surface area contributed by atoms with Gasteiger partial charge in [0.15, 0.2) is 5.75 Å². The summed E-state index contributed by atoms with van der Waals surface area (Å²) in [4.78, 5) is 11.1. The fourth-order valence-electron chi connectivity index (χ4n) is 3.19. The monoisotopic (exact) mass is 347 g/mol. The number of rotatable bonds is 7. The molecule has 1 fully saturated rings. The van der Waals surface area contributed by atoms with Crippen molar-refractivity contribution < 1.29 is 9.47 Å². The minimum absolute atomic E-state index is 0.233. The van der Waals surface area contributed by atoms with E-state index in [-0.39, 0.29) is 6.10 Å². The minimum Gasteiger partial charge on any atom is -0.491 e. The first kappa shape index (κ1) is 19.5. The number of nitrogens with zero attached hydrogens (tertiary/aromatic N) is 3. The summed E-state index contributed by atoms with van der Waals surface area (Å²) in [5, 5.41) is 0. The number of methoxy groups -OCH3 is 1. The summed E-state index contributed by atoms with van der Waals surface area (Å²) >= 11 is 0. The highest BCUT2D eigenvalue weighted by Crippen LogP contribution is 2.36. The smallest absolute Gasteiger partial charge is 0.257 e. The van der Waals surface area contributed by atoms with E-state index < -0.39 is 0 Å². The highest BCUT2D eigenvalue weighted by atomic mass is 16.5. The Hall–Kier alpha value is -1.78. The normalized spacial score (nSPS) is 20.9. The molecule has 0 N–H and O–H groups in total. The van der Waals surface area contributed by atoms with E-state index in [2.05, 4.69) is 30.7 Å². The second kappa shape index (κ2) is 9.07. The summed E-state index contributed by atoms with van der Waals surface area (Å²) in [6.07, 6.45) is 6.69. The minimum atomic E-state index is 0.233. The van der Waals surface area contributed by atoms with Gasteiger partial charge in [-0.3, -0.25) is 0 Å². The summed E-state index contributed by atoms with van der Waals surface area (Å²) in [5.74, 6) is 2.83. The van der Waals surface area contributed by atoms with Gasteiger partial charge in [0, 0.05) is 19.7 Å². The molecule has 2 rings (SSSR count). The molecule has 140 valence electrons. The highest BCUT2D eigenvalue weighted by molar-refractivity contribution is 5.63. The van der Waals surface area contributed by atoms with Crippen molar-refractivity contribution in [2.24, 2.45) is 16.8 Å². The Bertz CT molecular complexity index is 579. The van der Waals surface area contributed by atoms with E-state index in [9.17, 15) is 0 Å². The van der Waals surface area contributed by atoms with E-state index in [0.29, 0.717) is 11.6 Å². The number of ether oxygens (including phenoxy) is 2. The molecule has 1 aromatic rings. The number of hydrogen-bond acceptors (Lipinski definition) is 4. The van der Waals surface area contributed by atoms with E-state index in [1.54, 1.807) is 7.11 Å². The first-order valence-electron chi connectivity index (χ1n) is 9.41. The Morgan fingerprint density at radius 1 is 1.32 bits per heavy atom. The van der Waals surface area contributed by atoms with Crippen LogP contribution in [0.15, 0.2) is 11.1 Å². The third-order valence-corrected chi connectivity index (χ3v) is 5.17. The third kappa shape index (κ3) is 5.35. The molecule has 1 heterocycles. The van der Waals surface area contributed by atoms with Gasteiger partial charge in [0.05, 0.1) is 24.8 Å². The fraction of sp³-hybridized carbons (Fsp3) is 0.700.